The van der Waals surface area contributed by atoms with Gasteiger partial charge in [0.1, 0.15) is 0 Å². The lowest BCUT2D eigenvalue weighted by atomic mass is 10.2. The molecule has 3 rings (SSSR count). The average molecular weight is 449 g/mol. The maximum Gasteiger partial charge on any atom is 0.216 e. The van der Waals surface area contributed by atoms with Gasteiger partial charge in [-0.2, -0.15) is 9.40 Å². The molecule has 9 nitrogen and oxygen atoms in total. The Morgan fingerprint density at radius 2 is 1.90 bits per heavy atom. The molecule has 31 heavy (non-hydrogen) atoms. The Balaban J connectivity index is 1.48. The molecule has 0 spiro atoms. The van der Waals surface area contributed by atoms with Gasteiger partial charge < -0.3 is 15.0 Å². The Hall–Kier alpha value is -2.43. The van der Waals surface area contributed by atoms with Gasteiger partial charge in [0.2, 0.25) is 10.0 Å². The number of hydrogen-bond donors (Lipinski definition) is 1. The Morgan fingerprint density at radius 3 is 2.48 bits per heavy atom. The smallest absolute Gasteiger partial charge is 0.216 e. The topological polar surface area (TPSA) is 92.1 Å². The molecular formula is C21H32N6O3S. The summed E-state index contributed by atoms with van der Waals surface area (Å²) in [6.07, 6.45) is 3.69. The van der Waals surface area contributed by atoms with Crippen LogP contribution in [0, 0.1) is 0 Å². The van der Waals surface area contributed by atoms with Crippen molar-refractivity contribution in [2.75, 3.05) is 45.6 Å². The summed E-state index contributed by atoms with van der Waals surface area (Å²) in [4.78, 5) is 6.46. The fraction of sp³-hybridized carbons (Fsp3) is 0.524. The number of rotatable bonds is 8. The number of sulfonamides is 1. The van der Waals surface area contributed by atoms with Crippen LogP contribution < -0.4 is 5.32 Å². The van der Waals surface area contributed by atoms with Crippen molar-refractivity contribution in [1.29, 1.82) is 0 Å². The SMILES string of the molecule is CN=C(NCc1ccc(-n2cccn2)cc1)N1CCN(S(=O)(=O)CCOC(C)C)CC1. The minimum absolute atomic E-state index is 0.0205. The number of hydrogen-bond acceptors (Lipinski definition) is 5. The molecule has 0 amide bonds. The third-order valence-corrected chi connectivity index (χ3v) is 6.93. The van der Waals surface area contributed by atoms with Gasteiger partial charge in [-0.25, -0.2) is 13.1 Å². The van der Waals surface area contributed by atoms with E-state index < -0.39 is 10.0 Å². The first-order valence-electron chi connectivity index (χ1n) is 10.5. The average Bonchev–Trinajstić information content (AvgIpc) is 3.29. The van der Waals surface area contributed by atoms with E-state index in [1.54, 1.807) is 17.5 Å². The van der Waals surface area contributed by atoms with E-state index in [0.717, 1.165) is 17.2 Å². The molecule has 0 aliphatic carbocycles. The maximum absolute atomic E-state index is 12.5. The number of nitrogens with one attached hydrogen (secondary N) is 1. The Bertz CT molecular complexity index is 934. The molecule has 1 saturated heterocycles. The van der Waals surface area contributed by atoms with E-state index in [9.17, 15) is 8.42 Å². The van der Waals surface area contributed by atoms with E-state index >= 15 is 0 Å². The molecule has 0 unspecified atom stereocenters. The molecule has 10 heteroatoms. The van der Waals surface area contributed by atoms with Crippen LogP contribution in [-0.4, -0.2) is 85.1 Å². The number of aromatic nitrogens is 2. The van der Waals surface area contributed by atoms with Gasteiger partial charge in [0.25, 0.3) is 0 Å². The molecule has 2 aromatic rings. The van der Waals surface area contributed by atoms with Crippen molar-refractivity contribution in [3.63, 3.8) is 0 Å². The number of guanidine groups is 1. The van der Waals surface area contributed by atoms with E-state index in [2.05, 4.69) is 32.4 Å². The molecule has 1 N–H and O–H groups in total. The monoisotopic (exact) mass is 448 g/mol. The van der Waals surface area contributed by atoms with Gasteiger partial charge in [0.05, 0.1) is 24.2 Å². The van der Waals surface area contributed by atoms with Crippen molar-refractivity contribution >= 4 is 16.0 Å². The van der Waals surface area contributed by atoms with E-state index in [1.165, 1.54) is 0 Å². The van der Waals surface area contributed by atoms with E-state index in [0.29, 0.717) is 32.7 Å². The summed E-state index contributed by atoms with van der Waals surface area (Å²) in [6, 6.07) is 10.1. The van der Waals surface area contributed by atoms with Crippen LogP contribution in [0.15, 0.2) is 47.7 Å². The lowest BCUT2D eigenvalue weighted by Crippen LogP contribution is -2.54. The molecular weight excluding hydrogens is 416 g/mol. The molecule has 0 radical (unpaired) electrons. The second kappa shape index (κ2) is 10.7. The van der Waals surface area contributed by atoms with Crippen molar-refractivity contribution in [1.82, 2.24) is 24.3 Å². The lowest BCUT2D eigenvalue weighted by molar-refractivity contribution is 0.0904. The van der Waals surface area contributed by atoms with Gasteiger partial charge in [0, 0.05) is 52.2 Å². The largest absolute Gasteiger partial charge is 0.378 e. The number of aliphatic imine (C=N–C) groups is 1. The summed E-state index contributed by atoms with van der Waals surface area (Å²) < 4.78 is 33.8. The number of benzene rings is 1. The molecule has 2 heterocycles. The zero-order valence-electron chi connectivity index (χ0n) is 18.4. The Kier molecular flexibility index (Phi) is 8.05. The van der Waals surface area contributed by atoms with Crippen molar-refractivity contribution in [3.05, 3.63) is 48.3 Å². The number of ether oxygens (including phenoxy) is 1. The fourth-order valence-electron chi connectivity index (χ4n) is 3.40. The lowest BCUT2D eigenvalue weighted by Gasteiger charge is -2.35. The summed E-state index contributed by atoms with van der Waals surface area (Å²) in [6.45, 7) is 6.76. The second-order valence-corrected chi connectivity index (χ2v) is 9.73. The molecule has 1 aliphatic heterocycles. The molecule has 1 aromatic carbocycles. The Labute approximate surface area is 184 Å². The highest BCUT2D eigenvalue weighted by Gasteiger charge is 2.27. The summed E-state index contributed by atoms with van der Waals surface area (Å²) in [5.41, 5.74) is 2.14. The van der Waals surface area contributed by atoms with Gasteiger partial charge >= 0.3 is 0 Å². The molecule has 1 fully saturated rings. The van der Waals surface area contributed by atoms with E-state index in [1.807, 2.05) is 42.9 Å². The molecule has 0 bridgehead atoms. The first-order valence-corrected chi connectivity index (χ1v) is 12.1. The van der Waals surface area contributed by atoms with Gasteiger partial charge in [-0.15, -0.1) is 0 Å². The van der Waals surface area contributed by atoms with Gasteiger partial charge in [0.15, 0.2) is 5.96 Å². The summed E-state index contributed by atoms with van der Waals surface area (Å²) in [5.74, 6) is 0.795. The zero-order chi connectivity index (χ0) is 22.3. The minimum atomic E-state index is -3.30. The van der Waals surface area contributed by atoms with E-state index in [4.69, 9.17) is 4.74 Å². The quantitative estimate of drug-likeness (QED) is 0.484. The van der Waals surface area contributed by atoms with Gasteiger partial charge in [-0.05, 0) is 37.6 Å². The predicted molar refractivity (Wildman–Crippen MR) is 122 cm³/mol. The highest BCUT2D eigenvalue weighted by molar-refractivity contribution is 7.89. The highest BCUT2D eigenvalue weighted by Crippen LogP contribution is 2.11. The first kappa shape index (κ1) is 23.2. The maximum atomic E-state index is 12.5. The first-order chi connectivity index (χ1) is 14.9. The van der Waals surface area contributed by atoms with Gasteiger partial charge in [-0.3, -0.25) is 4.99 Å². The Morgan fingerprint density at radius 1 is 1.19 bits per heavy atom. The van der Waals surface area contributed by atoms with Crippen molar-refractivity contribution < 1.29 is 13.2 Å². The number of piperazine rings is 1. The van der Waals surface area contributed by atoms with Crippen LogP contribution >= 0.6 is 0 Å². The summed E-state index contributed by atoms with van der Waals surface area (Å²) >= 11 is 0. The predicted octanol–water partition coefficient (Wildman–Crippen LogP) is 1.32. The standard InChI is InChI=1S/C21H32N6O3S/c1-18(2)30-15-16-31(28,29)26-13-11-25(12-14-26)21(22-3)23-17-19-5-7-20(8-6-19)27-10-4-9-24-27/h4-10,18H,11-17H2,1-3H3,(H,22,23). The number of nitrogens with zero attached hydrogens (tertiary/aromatic N) is 5. The molecule has 1 aliphatic rings. The zero-order valence-corrected chi connectivity index (χ0v) is 19.3. The fourth-order valence-corrected chi connectivity index (χ4v) is 4.68. The third kappa shape index (κ3) is 6.52. The van der Waals surface area contributed by atoms with Crippen LogP contribution in [-0.2, 0) is 21.3 Å². The molecule has 1 aromatic heterocycles. The van der Waals surface area contributed by atoms with Crippen molar-refractivity contribution in [2.45, 2.75) is 26.5 Å². The van der Waals surface area contributed by atoms with E-state index in [-0.39, 0.29) is 18.5 Å². The molecule has 0 saturated carbocycles. The van der Waals surface area contributed by atoms with Crippen LogP contribution in [0.4, 0.5) is 0 Å². The van der Waals surface area contributed by atoms with Crippen LogP contribution in [0.25, 0.3) is 5.69 Å². The van der Waals surface area contributed by atoms with Crippen molar-refractivity contribution in [2.24, 2.45) is 4.99 Å². The molecule has 0 atom stereocenters. The summed E-state index contributed by atoms with van der Waals surface area (Å²) in [5, 5.41) is 7.61. The molecule has 170 valence electrons. The van der Waals surface area contributed by atoms with Crippen LogP contribution in [0.5, 0.6) is 0 Å². The normalized spacial score (nSPS) is 16.1. The minimum Gasteiger partial charge on any atom is -0.378 e. The van der Waals surface area contributed by atoms with Crippen LogP contribution in [0.2, 0.25) is 0 Å². The highest BCUT2D eigenvalue weighted by atomic mass is 32.2. The third-order valence-electron chi connectivity index (χ3n) is 5.09. The second-order valence-electron chi connectivity index (χ2n) is 7.64. The van der Waals surface area contributed by atoms with Gasteiger partial charge in [-0.1, -0.05) is 12.1 Å². The van der Waals surface area contributed by atoms with Crippen molar-refractivity contribution in [3.8, 4) is 5.69 Å². The van der Waals surface area contributed by atoms with Crippen LogP contribution in [0.3, 0.4) is 0 Å². The summed E-state index contributed by atoms with van der Waals surface area (Å²) in [7, 11) is -1.55. The van der Waals surface area contributed by atoms with Crippen LogP contribution in [0.1, 0.15) is 19.4 Å².